The van der Waals surface area contributed by atoms with Gasteiger partial charge in [0.25, 0.3) is 0 Å². The number of Topliss-reactive ketones (excluding diaryl/α,β-unsaturated/α-hetero) is 1. The van der Waals surface area contributed by atoms with Gasteiger partial charge in [-0.3, -0.25) is 4.79 Å². The zero-order chi connectivity index (χ0) is 13.5. The van der Waals surface area contributed by atoms with Crippen molar-refractivity contribution in [3.05, 3.63) is 35.4 Å². The zero-order valence-electron chi connectivity index (χ0n) is 10.3. The van der Waals surface area contributed by atoms with E-state index in [2.05, 4.69) is 0 Å². The van der Waals surface area contributed by atoms with Crippen LogP contribution in [0.3, 0.4) is 0 Å². The van der Waals surface area contributed by atoms with Crippen molar-refractivity contribution < 1.29 is 18.7 Å². The lowest BCUT2D eigenvalue weighted by Gasteiger charge is -2.18. The van der Waals surface area contributed by atoms with Crippen LogP contribution in [-0.4, -0.2) is 42.0 Å². The molecule has 0 spiro atoms. The number of benzene rings is 1. The van der Waals surface area contributed by atoms with Crippen LogP contribution in [0, 0.1) is 11.6 Å². The van der Waals surface area contributed by atoms with Crippen LogP contribution in [0.15, 0.2) is 18.2 Å². The number of nitrogens with zero attached hydrogens (tertiary/aromatic N) is 1. The summed E-state index contributed by atoms with van der Waals surface area (Å²) >= 11 is 0. The summed E-state index contributed by atoms with van der Waals surface area (Å²) < 4.78 is 25.9. The summed E-state index contributed by atoms with van der Waals surface area (Å²) in [4.78, 5) is 13.6. The van der Waals surface area contributed by atoms with Gasteiger partial charge in [-0.15, -0.1) is 0 Å². The van der Waals surface area contributed by atoms with Crippen LogP contribution in [0.1, 0.15) is 23.7 Å². The summed E-state index contributed by atoms with van der Waals surface area (Å²) in [5.74, 6) is -1.80. The van der Waals surface area contributed by atoms with Crippen LogP contribution in [0.5, 0.6) is 0 Å². The largest absolute Gasteiger partial charge is 0.395 e. The van der Waals surface area contributed by atoms with Crippen LogP contribution in [0.4, 0.5) is 8.78 Å². The van der Waals surface area contributed by atoms with Crippen molar-refractivity contribution in [2.75, 3.05) is 26.2 Å². The van der Waals surface area contributed by atoms with Crippen molar-refractivity contribution in [2.24, 2.45) is 0 Å². The summed E-state index contributed by atoms with van der Waals surface area (Å²) in [6.07, 6.45) is 0.177. The van der Waals surface area contributed by atoms with E-state index in [9.17, 15) is 13.6 Å². The van der Waals surface area contributed by atoms with Gasteiger partial charge in [0, 0.05) is 31.1 Å². The van der Waals surface area contributed by atoms with Gasteiger partial charge in [-0.1, -0.05) is 6.92 Å². The molecule has 1 N–H and O–H groups in total. The number of halogens is 2. The highest BCUT2D eigenvalue weighted by Gasteiger charge is 2.11. The normalized spacial score (nSPS) is 10.9. The molecule has 1 rings (SSSR count). The maximum absolute atomic E-state index is 12.9. The average Bonchev–Trinajstić information content (AvgIpc) is 2.32. The first-order chi connectivity index (χ1) is 8.56. The number of aliphatic hydroxyl groups excluding tert-OH is 1. The fourth-order valence-electron chi connectivity index (χ4n) is 1.69. The quantitative estimate of drug-likeness (QED) is 0.758. The average molecular weight is 257 g/mol. The molecule has 0 aliphatic heterocycles. The third-order valence-electron chi connectivity index (χ3n) is 2.70. The molecule has 0 saturated heterocycles. The van der Waals surface area contributed by atoms with E-state index in [0.717, 1.165) is 18.2 Å². The van der Waals surface area contributed by atoms with Crippen LogP contribution in [0.25, 0.3) is 0 Å². The molecular formula is C13H17F2NO2. The molecule has 0 amide bonds. The molecule has 0 heterocycles. The molecule has 0 aliphatic rings. The van der Waals surface area contributed by atoms with Gasteiger partial charge in [-0.05, 0) is 18.7 Å². The van der Waals surface area contributed by atoms with Crippen LogP contribution >= 0.6 is 0 Å². The third kappa shape index (κ3) is 4.50. The van der Waals surface area contributed by atoms with Gasteiger partial charge in [0.1, 0.15) is 11.6 Å². The van der Waals surface area contributed by atoms with Crippen molar-refractivity contribution in [1.82, 2.24) is 4.90 Å². The fourth-order valence-corrected chi connectivity index (χ4v) is 1.69. The Morgan fingerprint density at radius 1 is 1.22 bits per heavy atom. The molecule has 0 bridgehead atoms. The molecular weight excluding hydrogens is 240 g/mol. The summed E-state index contributed by atoms with van der Waals surface area (Å²) in [6, 6.07) is 2.81. The predicted octanol–water partition coefficient (Wildman–Crippen LogP) is 1.85. The molecule has 5 heteroatoms. The van der Waals surface area contributed by atoms with Crippen molar-refractivity contribution in [3.63, 3.8) is 0 Å². The summed E-state index contributed by atoms with van der Waals surface area (Å²) in [6.45, 7) is 3.61. The Bertz CT molecular complexity index is 390. The second-order valence-corrected chi connectivity index (χ2v) is 3.99. The maximum atomic E-state index is 12.9. The Kier molecular flexibility index (Phi) is 5.88. The van der Waals surface area contributed by atoms with E-state index in [0.29, 0.717) is 19.6 Å². The molecule has 1 aromatic carbocycles. The van der Waals surface area contributed by atoms with Crippen LogP contribution < -0.4 is 0 Å². The van der Waals surface area contributed by atoms with Gasteiger partial charge >= 0.3 is 0 Å². The highest BCUT2D eigenvalue weighted by atomic mass is 19.1. The first-order valence-corrected chi connectivity index (χ1v) is 5.89. The van der Waals surface area contributed by atoms with Crippen molar-refractivity contribution in [2.45, 2.75) is 13.3 Å². The highest BCUT2D eigenvalue weighted by molar-refractivity contribution is 5.96. The molecule has 0 aromatic heterocycles. The summed E-state index contributed by atoms with van der Waals surface area (Å²) in [7, 11) is 0. The van der Waals surface area contributed by atoms with E-state index in [1.54, 1.807) is 0 Å². The van der Waals surface area contributed by atoms with Crippen LogP contribution in [-0.2, 0) is 0 Å². The second kappa shape index (κ2) is 7.18. The predicted molar refractivity (Wildman–Crippen MR) is 64.5 cm³/mol. The lowest BCUT2D eigenvalue weighted by atomic mass is 10.1. The Morgan fingerprint density at radius 3 is 2.33 bits per heavy atom. The number of likely N-dealkylation sites (N-methyl/N-ethyl adjacent to an activating group) is 1. The fraction of sp³-hybridized carbons (Fsp3) is 0.462. The molecule has 100 valence electrons. The van der Waals surface area contributed by atoms with E-state index in [-0.39, 0.29) is 24.4 Å². The number of hydrogen-bond donors (Lipinski definition) is 1. The van der Waals surface area contributed by atoms with Gasteiger partial charge in [-0.25, -0.2) is 8.78 Å². The SMILES string of the molecule is CCN(CCO)CCC(=O)c1cc(F)cc(F)c1. The first-order valence-electron chi connectivity index (χ1n) is 5.89. The van der Waals surface area contributed by atoms with E-state index >= 15 is 0 Å². The number of carbonyl (C=O) groups is 1. The second-order valence-electron chi connectivity index (χ2n) is 3.99. The molecule has 0 unspecified atom stereocenters. The molecule has 1 aromatic rings. The molecule has 18 heavy (non-hydrogen) atoms. The van der Waals surface area contributed by atoms with E-state index in [1.807, 2.05) is 11.8 Å². The van der Waals surface area contributed by atoms with Crippen molar-refractivity contribution in [3.8, 4) is 0 Å². The van der Waals surface area contributed by atoms with E-state index in [4.69, 9.17) is 5.11 Å². The number of carbonyl (C=O) groups excluding carboxylic acids is 1. The van der Waals surface area contributed by atoms with Gasteiger partial charge in [0.05, 0.1) is 6.61 Å². The minimum atomic E-state index is -0.749. The first kappa shape index (κ1) is 14.7. The highest BCUT2D eigenvalue weighted by Crippen LogP contribution is 2.10. The summed E-state index contributed by atoms with van der Waals surface area (Å²) in [5.41, 5.74) is 0.0487. The molecule has 0 radical (unpaired) electrons. The standard InChI is InChI=1S/C13H17F2NO2/c1-2-16(5-6-17)4-3-13(18)10-7-11(14)9-12(15)8-10/h7-9,17H,2-6H2,1H3. The number of rotatable bonds is 7. The maximum Gasteiger partial charge on any atom is 0.164 e. The third-order valence-corrected chi connectivity index (χ3v) is 2.70. The van der Waals surface area contributed by atoms with Crippen molar-refractivity contribution in [1.29, 1.82) is 0 Å². The van der Waals surface area contributed by atoms with Crippen LogP contribution in [0.2, 0.25) is 0 Å². The molecule has 3 nitrogen and oxygen atoms in total. The van der Waals surface area contributed by atoms with Gasteiger partial charge < -0.3 is 10.0 Å². The Labute approximate surface area is 105 Å². The smallest absolute Gasteiger partial charge is 0.164 e. The van der Waals surface area contributed by atoms with Crippen molar-refractivity contribution >= 4 is 5.78 Å². The number of ketones is 1. The monoisotopic (exact) mass is 257 g/mol. The van der Waals surface area contributed by atoms with E-state index in [1.165, 1.54) is 0 Å². The Hall–Kier alpha value is -1.33. The molecule has 0 atom stereocenters. The van der Waals surface area contributed by atoms with Gasteiger partial charge in [0.2, 0.25) is 0 Å². The molecule has 0 saturated carbocycles. The Balaban J connectivity index is 2.59. The Morgan fingerprint density at radius 2 is 1.83 bits per heavy atom. The lowest BCUT2D eigenvalue weighted by molar-refractivity contribution is 0.0958. The minimum Gasteiger partial charge on any atom is -0.395 e. The molecule has 0 aliphatic carbocycles. The minimum absolute atomic E-state index is 0.0244. The van der Waals surface area contributed by atoms with E-state index < -0.39 is 11.6 Å². The number of hydrogen-bond acceptors (Lipinski definition) is 3. The molecule has 0 fully saturated rings. The lowest BCUT2D eigenvalue weighted by Crippen LogP contribution is -2.29. The summed E-state index contributed by atoms with van der Waals surface area (Å²) in [5, 5.41) is 8.80. The van der Waals surface area contributed by atoms with Gasteiger partial charge in [0.15, 0.2) is 5.78 Å². The van der Waals surface area contributed by atoms with Gasteiger partial charge in [-0.2, -0.15) is 0 Å². The number of aliphatic hydroxyl groups is 1. The zero-order valence-corrected chi connectivity index (χ0v) is 10.3. The topological polar surface area (TPSA) is 40.5 Å².